The summed E-state index contributed by atoms with van der Waals surface area (Å²) in [7, 11) is 0. The van der Waals surface area contributed by atoms with Crippen molar-refractivity contribution in [2.75, 3.05) is 11.9 Å². The van der Waals surface area contributed by atoms with E-state index < -0.39 is 12.1 Å². The maximum Gasteiger partial charge on any atom is 0.470 e. The van der Waals surface area contributed by atoms with Crippen LogP contribution in [0, 0.1) is 0 Å². The third-order valence-electron chi connectivity index (χ3n) is 5.71. The second-order valence-electron chi connectivity index (χ2n) is 8.53. The quantitative estimate of drug-likeness (QED) is 0.192. The topological polar surface area (TPSA) is 94.3 Å². The predicted molar refractivity (Wildman–Crippen MR) is 132 cm³/mol. The molecule has 0 bridgehead atoms. The number of anilines is 1. The van der Waals surface area contributed by atoms with E-state index >= 15 is 0 Å². The highest BCUT2D eigenvalue weighted by Gasteiger charge is 2.38. The minimum atomic E-state index is -4.69. The molecule has 3 rings (SSSR count). The van der Waals surface area contributed by atoms with Gasteiger partial charge in [-0.05, 0) is 61.7 Å². The minimum absolute atomic E-state index is 0.0383. The average Bonchev–Trinajstić information content (AvgIpc) is 3.38. The highest BCUT2D eigenvalue weighted by Crippen LogP contribution is 2.31. The Bertz CT molecular complexity index is 1160. The molecule has 2 aromatic carbocycles. The molecule has 37 heavy (non-hydrogen) atoms. The van der Waals surface area contributed by atoms with Gasteiger partial charge in [-0.3, -0.25) is 9.59 Å². The maximum atomic E-state index is 12.8. The molecule has 1 heterocycles. The number of halogens is 3. The molecule has 0 aliphatic carbocycles. The SMILES string of the molecule is CCCCC(Nc1ccc(C(=O)CCCC(=O)OCC)cc1)c1ccc(-c2nnc(C(F)(F)F)o2)cc1. The van der Waals surface area contributed by atoms with Gasteiger partial charge in [-0.15, -0.1) is 10.2 Å². The standard InChI is InChI=1S/C27H30F3N3O4/c1-3-5-7-22(18-10-12-20(13-11-18)25-32-33-26(37-25)27(28,29)30)31-21-16-14-19(15-17-21)23(34)8-6-9-24(35)36-4-2/h10-17,22,31H,3-9H2,1-2H3. The van der Waals surface area contributed by atoms with Crippen molar-refractivity contribution in [3.8, 4) is 11.5 Å². The number of hydrogen-bond donors (Lipinski definition) is 1. The third-order valence-corrected chi connectivity index (χ3v) is 5.71. The van der Waals surface area contributed by atoms with Crippen LogP contribution in [0.15, 0.2) is 52.9 Å². The fraction of sp³-hybridized carbons (Fsp3) is 0.407. The van der Waals surface area contributed by atoms with Crippen molar-refractivity contribution in [3.63, 3.8) is 0 Å². The summed E-state index contributed by atoms with van der Waals surface area (Å²) in [5.41, 5.74) is 2.75. The fourth-order valence-electron chi connectivity index (χ4n) is 3.77. The van der Waals surface area contributed by atoms with Gasteiger partial charge >= 0.3 is 18.0 Å². The van der Waals surface area contributed by atoms with Gasteiger partial charge in [-0.1, -0.05) is 31.9 Å². The molecule has 10 heteroatoms. The molecule has 1 atom stereocenters. The Hall–Kier alpha value is -3.69. The van der Waals surface area contributed by atoms with Crippen LogP contribution in [0.5, 0.6) is 0 Å². The van der Waals surface area contributed by atoms with Crippen LogP contribution in [0.4, 0.5) is 18.9 Å². The molecule has 0 radical (unpaired) electrons. The van der Waals surface area contributed by atoms with Gasteiger partial charge in [0.1, 0.15) is 0 Å². The minimum Gasteiger partial charge on any atom is -0.466 e. The number of carbonyl (C=O) groups is 2. The maximum absolute atomic E-state index is 12.8. The third kappa shape index (κ3) is 8.16. The van der Waals surface area contributed by atoms with Gasteiger partial charge in [0, 0.05) is 29.7 Å². The van der Waals surface area contributed by atoms with Crippen molar-refractivity contribution in [2.45, 2.75) is 64.6 Å². The number of Topliss-reactive ketones (excluding diaryl/α,β-unsaturated/α-hetero) is 1. The van der Waals surface area contributed by atoms with Crippen molar-refractivity contribution >= 4 is 17.4 Å². The number of ketones is 1. The first-order valence-corrected chi connectivity index (χ1v) is 12.3. The molecule has 0 spiro atoms. The van der Waals surface area contributed by atoms with E-state index in [1.807, 2.05) is 24.3 Å². The highest BCUT2D eigenvalue weighted by molar-refractivity contribution is 5.96. The number of esters is 1. The van der Waals surface area contributed by atoms with Crippen molar-refractivity contribution in [1.29, 1.82) is 0 Å². The van der Waals surface area contributed by atoms with Gasteiger partial charge in [-0.2, -0.15) is 13.2 Å². The van der Waals surface area contributed by atoms with Gasteiger partial charge in [0.15, 0.2) is 5.78 Å². The second kappa shape index (κ2) is 13.0. The summed E-state index contributed by atoms with van der Waals surface area (Å²) in [5, 5.41) is 10.0. The normalized spacial score (nSPS) is 12.2. The van der Waals surface area contributed by atoms with Crippen LogP contribution in [-0.2, 0) is 15.7 Å². The summed E-state index contributed by atoms with van der Waals surface area (Å²) in [6.45, 7) is 4.16. The molecule has 0 fully saturated rings. The smallest absolute Gasteiger partial charge is 0.466 e. The Kier molecular flexibility index (Phi) is 9.82. The molecule has 1 N–H and O–H groups in total. The van der Waals surface area contributed by atoms with Crippen molar-refractivity contribution in [1.82, 2.24) is 10.2 Å². The Labute approximate surface area is 213 Å². The largest absolute Gasteiger partial charge is 0.470 e. The Morgan fingerprint density at radius 1 is 0.973 bits per heavy atom. The van der Waals surface area contributed by atoms with E-state index in [4.69, 9.17) is 9.15 Å². The van der Waals surface area contributed by atoms with Crippen molar-refractivity contribution in [2.24, 2.45) is 0 Å². The number of benzene rings is 2. The number of ether oxygens (including phenoxy) is 1. The summed E-state index contributed by atoms with van der Waals surface area (Å²) < 4.78 is 47.9. The lowest BCUT2D eigenvalue weighted by Gasteiger charge is -2.21. The Balaban J connectivity index is 1.65. The van der Waals surface area contributed by atoms with Crippen LogP contribution >= 0.6 is 0 Å². The predicted octanol–water partition coefficient (Wildman–Crippen LogP) is 7.01. The Morgan fingerprint density at radius 2 is 1.68 bits per heavy atom. The van der Waals surface area contributed by atoms with Gasteiger partial charge < -0.3 is 14.5 Å². The van der Waals surface area contributed by atoms with Gasteiger partial charge in [0.05, 0.1) is 12.6 Å². The number of nitrogens with zero attached hydrogens (tertiary/aromatic N) is 2. The molecule has 0 amide bonds. The van der Waals surface area contributed by atoms with Crippen LogP contribution in [0.25, 0.3) is 11.5 Å². The summed E-state index contributed by atoms with van der Waals surface area (Å²) in [4.78, 5) is 23.9. The lowest BCUT2D eigenvalue weighted by Crippen LogP contribution is -2.11. The number of rotatable bonds is 13. The molecule has 198 valence electrons. The summed E-state index contributed by atoms with van der Waals surface area (Å²) in [5.74, 6) is -1.91. The molecule has 0 saturated heterocycles. The monoisotopic (exact) mass is 517 g/mol. The van der Waals surface area contributed by atoms with Crippen LogP contribution in [0.1, 0.15) is 80.2 Å². The van der Waals surface area contributed by atoms with Gasteiger partial charge in [-0.25, -0.2) is 0 Å². The first-order chi connectivity index (χ1) is 17.7. The van der Waals surface area contributed by atoms with Crippen molar-refractivity contribution in [3.05, 3.63) is 65.5 Å². The molecule has 0 aliphatic heterocycles. The lowest BCUT2D eigenvalue weighted by atomic mass is 9.99. The van der Waals surface area contributed by atoms with Crippen LogP contribution < -0.4 is 5.32 Å². The van der Waals surface area contributed by atoms with Gasteiger partial charge in [0.2, 0.25) is 5.89 Å². The highest BCUT2D eigenvalue weighted by atomic mass is 19.4. The molecule has 1 unspecified atom stereocenters. The number of carbonyl (C=O) groups excluding carboxylic acids is 2. The number of aromatic nitrogens is 2. The fourth-order valence-corrected chi connectivity index (χ4v) is 3.77. The molecule has 3 aromatic rings. The lowest BCUT2D eigenvalue weighted by molar-refractivity contribution is -0.157. The number of alkyl halides is 3. The van der Waals surface area contributed by atoms with Crippen LogP contribution in [0.2, 0.25) is 0 Å². The first kappa shape index (κ1) is 27.9. The summed E-state index contributed by atoms with van der Waals surface area (Å²) >= 11 is 0. The zero-order valence-electron chi connectivity index (χ0n) is 20.8. The molecule has 0 saturated carbocycles. The van der Waals surface area contributed by atoms with E-state index in [-0.39, 0.29) is 36.5 Å². The molecular weight excluding hydrogens is 487 g/mol. The molecule has 7 nitrogen and oxygen atoms in total. The first-order valence-electron chi connectivity index (χ1n) is 12.3. The van der Waals surface area contributed by atoms with Crippen molar-refractivity contribution < 1.29 is 31.9 Å². The average molecular weight is 518 g/mol. The van der Waals surface area contributed by atoms with E-state index in [1.54, 1.807) is 31.2 Å². The van der Waals surface area contributed by atoms with Gasteiger partial charge in [0.25, 0.3) is 0 Å². The number of unbranched alkanes of at least 4 members (excludes halogenated alkanes) is 1. The molecular formula is C27H30F3N3O4. The summed E-state index contributed by atoms with van der Waals surface area (Å²) in [6, 6.07) is 14.1. The van der Waals surface area contributed by atoms with E-state index in [1.165, 1.54) is 0 Å². The summed E-state index contributed by atoms with van der Waals surface area (Å²) in [6.07, 6.45) is -0.971. The number of hydrogen-bond acceptors (Lipinski definition) is 7. The van der Waals surface area contributed by atoms with E-state index in [0.717, 1.165) is 30.5 Å². The zero-order valence-corrected chi connectivity index (χ0v) is 20.8. The Morgan fingerprint density at radius 3 is 2.27 bits per heavy atom. The van der Waals surface area contributed by atoms with E-state index in [0.29, 0.717) is 24.2 Å². The van der Waals surface area contributed by atoms with Crippen LogP contribution in [-0.4, -0.2) is 28.6 Å². The van der Waals surface area contributed by atoms with Crippen LogP contribution in [0.3, 0.4) is 0 Å². The van der Waals surface area contributed by atoms with E-state index in [9.17, 15) is 22.8 Å². The molecule has 0 aliphatic rings. The zero-order chi connectivity index (χ0) is 26.8. The second-order valence-corrected chi connectivity index (χ2v) is 8.53. The molecule has 1 aromatic heterocycles. The van der Waals surface area contributed by atoms with E-state index in [2.05, 4.69) is 22.4 Å². The number of nitrogens with one attached hydrogen (secondary N) is 1.